The number of hydrogen-bond donors (Lipinski definition) is 0. The van der Waals surface area contributed by atoms with E-state index >= 15 is 0 Å². The lowest BCUT2D eigenvalue weighted by molar-refractivity contribution is 0.383. The predicted octanol–water partition coefficient (Wildman–Crippen LogP) is 6.98. The Hall–Kier alpha value is -0.870. The molecule has 0 spiro atoms. The molecule has 0 aromatic heterocycles. The van der Waals surface area contributed by atoms with Gasteiger partial charge in [-0.3, -0.25) is 0 Å². The Labute approximate surface area is 175 Å². The van der Waals surface area contributed by atoms with Gasteiger partial charge in [-0.15, -0.1) is 0 Å². The maximum Gasteiger partial charge on any atom is 0.243 e. The first-order chi connectivity index (χ1) is 13.6. The van der Waals surface area contributed by atoms with Crippen LogP contribution < -0.4 is 0 Å². The second-order valence-corrected chi connectivity index (χ2v) is 9.82. The van der Waals surface area contributed by atoms with Crippen LogP contribution in [-0.2, 0) is 10.0 Å². The highest BCUT2D eigenvalue weighted by Crippen LogP contribution is 2.18. The highest BCUT2D eigenvalue weighted by Gasteiger charge is 2.23. The molecule has 0 bridgehead atoms. The van der Waals surface area contributed by atoms with Crippen molar-refractivity contribution in [1.82, 2.24) is 4.31 Å². The molecule has 0 heterocycles. The summed E-state index contributed by atoms with van der Waals surface area (Å²) in [6, 6.07) is 9.62. The smallest absolute Gasteiger partial charge is 0.207 e. The molecule has 0 N–H and O–H groups in total. The lowest BCUT2D eigenvalue weighted by Crippen LogP contribution is -2.33. The van der Waals surface area contributed by atoms with Crippen molar-refractivity contribution in [2.75, 3.05) is 13.1 Å². The Kier molecular flexibility index (Phi) is 14.4. The van der Waals surface area contributed by atoms with Gasteiger partial charge in [-0.05, 0) is 31.0 Å². The van der Waals surface area contributed by atoms with Gasteiger partial charge in [0.25, 0.3) is 0 Å². The van der Waals surface area contributed by atoms with Gasteiger partial charge in [0, 0.05) is 13.1 Å². The molecule has 0 saturated heterocycles. The number of rotatable bonds is 18. The van der Waals surface area contributed by atoms with Crippen LogP contribution in [0.1, 0.15) is 104 Å². The summed E-state index contributed by atoms with van der Waals surface area (Å²) in [6.07, 6.45) is 16.9. The van der Waals surface area contributed by atoms with Crippen LogP contribution in [0.4, 0.5) is 0 Å². The van der Waals surface area contributed by atoms with E-state index in [1.165, 1.54) is 64.2 Å². The number of sulfonamides is 1. The molecule has 1 radical (unpaired) electrons. The van der Waals surface area contributed by atoms with E-state index in [0.717, 1.165) is 25.7 Å². The highest BCUT2D eigenvalue weighted by atomic mass is 32.2. The van der Waals surface area contributed by atoms with Crippen molar-refractivity contribution in [3.63, 3.8) is 0 Å². The Morgan fingerprint density at radius 2 is 1.07 bits per heavy atom. The van der Waals surface area contributed by atoms with E-state index in [9.17, 15) is 8.42 Å². The zero-order chi connectivity index (χ0) is 20.5. The Bertz CT molecular complexity index is 554. The lowest BCUT2D eigenvalue weighted by atomic mass is 10.1. The first kappa shape index (κ1) is 25.2. The summed E-state index contributed by atoms with van der Waals surface area (Å²) in [6.45, 7) is 5.75. The molecule has 1 aromatic carbocycles. The fraction of sp³-hybridized carbons (Fsp3) is 0.750. The molecular formula is C24H42NO2S. The Balaban J connectivity index is 2.48. The van der Waals surface area contributed by atoms with Gasteiger partial charge in [-0.2, -0.15) is 4.31 Å². The van der Waals surface area contributed by atoms with Gasteiger partial charge in [0.15, 0.2) is 0 Å². The molecule has 0 atom stereocenters. The summed E-state index contributed by atoms with van der Waals surface area (Å²) < 4.78 is 27.8. The van der Waals surface area contributed by atoms with Gasteiger partial charge < -0.3 is 0 Å². The third-order valence-electron chi connectivity index (χ3n) is 5.35. The van der Waals surface area contributed by atoms with Crippen LogP contribution in [0.5, 0.6) is 0 Å². The number of hydrogen-bond acceptors (Lipinski definition) is 2. The third kappa shape index (κ3) is 10.6. The van der Waals surface area contributed by atoms with Crippen molar-refractivity contribution < 1.29 is 8.42 Å². The minimum Gasteiger partial charge on any atom is -0.207 e. The molecule has 0 aliphatic carbocycles. The van der Waals surface area contributed by atoms with Crippen molar-refractivity contribution in [2.24, 2.45) is 0 Å². The molecule has 0 amide bonds. The van der Waals surface area contributed by atoms with Crippen LogP contribution in [0.25, 0.3) is 0 Å². The fourth-order valence-corrected chi connectivity index (χ4v) is 5.05. The van der Waals surface area contributed by atoms with Crippen LogP contribution in [0.15, 0.2) is 29.2 Å². The molecule has 0 aliphatic heterocycles. The molecule has 4 heteroatoms. The zero-order valence-electron chi connectivity index (χ0n) is 18.3. The van der Waals surface area contributed by atoms with E-state index in [2.05, 4.69) is 19.9 Å². The van der Waals surface area contributed by atoms with E-state index < -0.39 is 10.0 Å². The van der Waals surface area contributed by atoms with E-state index in [4.69, 9.17) is 0 Å². The molecule has 1 aromatic rings. The average molecular weight is 409 g/mol. The van der Waals surface area contributed by atoms with E-state index in [0.29, 0.717) is 18.0 Å². The number of nitrogens with zero attached hydrogens (tertiary/aromatic N) is 1. The van der Waals surface area contributed by atoms with Gasteiger partial charge in [-0.1, -0.05) is 103 Å². The molecule has 28 heavy (non-hydrogen) atoms. The summed E-state index contributed by atoms with van der Waals surface area (Å²) in [5, 5.41) is 0. The molecule has 0 unspecified atom stereocenters. The molecule has 0 aliphatic rings. The minimum absolute atomic E-state index is 0.400. The van der Waals surface area contributed by atoms with Crippen molar-refractivity contribution in [1.29, 1.82) is 0 Å². The summed E-state index contributed by atoms with van der Waals surface area (Å²) in [4.78, 5) is 0.400. The fourth-order valence-electron chi connectivity index (χ4n) is 3.54. The monoisotopic (exact) mass is 408 g/mol. The van der Waals surface area contributed by atoms with E-state index in [-0.39, 0.29) is 0 Å². The SMILES string of the molecule is CCCCCCCCCN(CCCCCCCCC)S(=O)(=O)c1cc[c]cc1. The van der Waals surface area contributed by atoms with Crippen LogP contribution >= 0.6 is 0 Å². The third-order valence-corrected chi connectivity index (χ3v) is 7.26. The number of benzene rings is 1. The normalized spacial score (nSPS) is 12.0. The van der Waals surface area contributed by atoms with E-state index in [1.807, 2.05) is 0 Å². The van der Waals surface area contributed by atoms with Crippen molar-refractivity contribution in [2.45, 2.75) is 109 Å². The molecule has 3 nitrogen and oxygen atoms in total. The standard InChI is InChI=1S/C24H42NO2S/c1-3-5-7-9-11-13-18-22-25(23-19-14-12-10-8-6-4-2)28(26,27)24-20-16-15-17-21-24/h16-17,20-21H,3-14,18-19,22-23H2,1-2H3. The van der Waals surface area contributed by atoms with Crippen LogP contribution in [-0.4, -0.2) is 25.8 Å². The summed E-state index contributed by atoms with van der Waals surface area (Å²) in [5.74, 6) is 0. The first-order valence-corrected chi connectivity index (χ1v) is 13.0. The predicted molar refractivity (Wildman–Crippen MR) is 120 cm³/mol. The Morgan fingerprint density at radius 1 is 0.679 bits per heavy atom. The number of unbranched alkanes of at least 4 members (excludes halogenated alkanes) is 12. The van der Waals surface area contributed by atoms with E-state index in [1.54, 1.807) is 28.6 Å². The lowest BCUT2D eigenvalue weighted by Gasteiger charge is -2.22. The molecular weight excluding hydrogens is 366 g/mol. The van der Waals surface area contributed by atoms with Crippen molar-refractivity contribution in [3.05, 3.63) is 30.3 Å². The van der Waals surface area contributed by atoms with Gasteiger partial charge in [0.2, 0.25) is 10.0 Å². The van der Waals surface area contributed by atoms with Crippen LogP contribution in [0.3, 0.4) is 0 Å². The van der Waals surface area contributed by atoms with Crippen LogP contribution in [0.2, 0.25) is 0 Å². The molecule has 0 fully saturated rings. The van der Waals surface area contributed by atoms with Gasteiger partial charge in [0.05, 0.1) is 4.90 Å². The molecule has 0 saturated carbocycles. The summed E-state index contributed by atoms with van der Waals surface area (Å²) in [7, 11) is -3.39. The molecule has 1 rings (SSSR count). The quantitative estimate of drug-likeness (QED) is 0.246. The van der Waals surface area contributed by atoms with Crippen LogP contribution in [0, 0.1) is 6.07 Å². The topological polar surface area (TPSA) is 37.4 Å². The average Bonchev–Trinajstić information content (AvgIpc) is 2.71. The largest absolute Gasteiger partial charge is 0.243 e. The van der Waals surface area contributed by atoms with Gasteiger partial charge >= 0.3 is 0 Å². The van der Waals surface area contributed by atoms with Gasteiger partial charge in [0.1, 0.15) is 0 Å². The maximum absolute atomic E-state index is 13.1. The minimum atomic E-state index is -3.39. The second-order valence-electron chi connectivity index (χ2n) is 7.88. The van der Waals surface area contributed by atoms with Crippen molar-refractivity contribution in [3.8, 4) is 0 Å². The maximum atomic E-state index is 13.1. The zero-order valence-corrected chi connectivity index (χ0v) is 19.1. The Morgan fingerprint density at radius 3 is 1.50 bits per heavy atom. The first-order valence-electron chi connectivity index (χ1n) is 11.6. The van der Waals surface area contributed by atoms with Crippen molar-refractivity contribution >= 4 is 10.0 Å². The summed E-state index contributed by atoms with van der Waals surface area (Å²) >= 11 is 0. The molecule has 161 valence electrons. The second kappa shape index (κ2) is 16.0. The highest BCUT2D eigenvalue weighted by molar-refractivity contribution is 7.89. The van der Waals surface area contributed by atoms with Gasteiger partial charge in [-0.25, -0.2) is 8.42 Å². The summed E-state index contributed by atoms with van der Waals surface area (Å²) in [5.41, 5.74) is 0.